The van der Waals surface area contributed by atoms with E-state index in [2.05, 4.69) is 252 Å². The summed E-state index contributed by atoms with van der Waals surface area (Å²) in [5.41, 5.74) is 15.4. The molecule has 0 bridgehead atoms. The number of aromatic nitrogens is 1. The first kappa shape index (κ1) is 36.9. The van der Waals surface area contributed by atoms with Crippen molar-refractivity contribution < 1.29 is 4.42 Å². The molecule has 3 nitrogen and oxygen atoms in total. The molecule has 0 fully saturated rings. The zero-order valence-corrected chi connectivity index (χ0v) is 35.4. The average Bonchev–Trinajstić information content (AvgIpc) is 3.94. The average molecular weight is 829 g/mol. The highest BCUT2D eigenvalue weighted by atomic mass is 16.3. The predicted molar refractivity (Wildman–Crippen MR) is 274 cm³/mol. The fourth-order valence-electron chi connectivity index (χ4n) is 10.2. The first-order chi connectivity index (χ1) is 32.2. The molecule has 0 unspecified atom stereocenters. The molecule has 2 heterocycles. The van der Waals surface area contributed by atoms with Crippen molar-refractivity contribution in [1.29, 1.82) is 0 Å². The standard InChI is InChI=1S/C62H40N2O/c1-2-15-44(16-3-1)52-38-39-58(61-54-22-9-11-27-59(54)65-62(52)61)63(48-34-30-42(31-35-48)47-29-28-41-14-4-5-18-46(41)40-47)49-36-32-45(33-37-49)51-23-13-26-57-60(51)53-21-8-10-24-56(53)64(57)55-25-12-19-43-17-6-7-20-50(43)55/h1-40H. The van der Waals surface area contributed by atoms with E-state index in [-0.39, 0.29) is 0 Å². The maximum Gasteiger partial charge on any atom is 0.145 e. The number of hydrogen-bond acceptors (Lipinski definition) is 2. The van der Waals surface area contributed by atoms with E-state index in [4.69, 9.17) is 4.42 Å². The number of hydrogen-bond donors (Lipinski definition) is 0. The maximum atomic E-state index is 6.79. The second kappa shape index (κ2) is 15.0. The summed E-state index contributed by atoms with van der Waals surface area (Å²) < 4.78 is 9.23. The van der Waals surface area contributed by atoms with E-state index in [9.17, 15) is 0 Å². The Balaban J connectivity index is 0.988. The van der Waals surface area contributed by atoms with Gasteiger partial charge in [0.05, 0.1) is 27.8 Å². The van der Waals surface area contributed by atoms with Crippen LogP contribution in [0.15, 0.2) is 247 Å². The van der Waals surface area contributed by atoms with Crippen molar-refractivity contribution >= 4 is 82.4 Å². The highest BCUT2D eigenvalue weighted by molar-refractivity contribution is 6.18. The Bertz CT molecular complexity index is 3930. The number of furan rings is 1. The Morgan fingerprint density at radius 1 is 0.338 bits per heavy atom. The van der Waals surface area contributed by atoms with Gasteiger partial charge in [0.2, 0.25) is 0 Å². The van der Waals surface area contributed by atoms with Gasteiger partial charge in [-0.1, -0.05) is 176 Å². The van der Waals surface area contributed by atoms with Gasteiger partial charge in [0.25, 0.3) is 0 Å². The topological polar surface area (TPSA) is 21.3 Å². The number of rotatable bonds is 7. The number of para-hydroxylation sites is 2. The first-order valence-corrected chi connectivity index (χ1v) is 22.2. The number of benzene rings is 11. The van der Waals surface area contributed by atoms with Crippen LogP contribution in [0.5, 0.6) is 0 Å². The van der Waals surface area contributed by atoms with Gasteiger partial charge in [-0.3, -0.25) is 0 Å². The molecule has 13 rings (SSSR count). The Morgan fingerprint density at radius 3 is 1.75 bits per heavy atom. The minimum Gasteiger partial charge on any atom is -0.455 e. The SMILES string of the molecule is c1ccc(-c2ccc(N(c3ccc(-c4ccc5ccccc5c4)cc3)c3ccc(-c4cccc5c4c4ccccc4n5-c4cccc5ccccc45)cc3)c3c2oc2ccccc23)cc1. The van der Waals surface area contributed by atoms with Gasteiger partial charge in [-0.2, -0.15) is 0 Å². The molecule has 0 aliphatic rings. The highest BCUT2D eigenvalue weighted by Gasteiger charge is 2.23. The van der Waals surface area contributed by atoms with E-state index in [1.54, 1.807) is 0 Å². The largest absolute Gasteiger partial charge is 0.455 e. The molecule has 0 N–H and O–H groups in total. The molecule has 304 valence electrons. The summed E-state index contributed by atoms with van der Waals surface area (Å²) in [6.07, 6.45) is 0. The van der Waals surface area contributed by atoms with Crippen LogP contribution in [0.1, 0.15) is 0 Å². The number of fused-ring (bicyclic) bond motifs is 8. The van der Waals surface area contributed by atoms with Crippen LogP contribution in [0.4, 0.5) is 17.1 Å². The minimum absolute atomic E-state index is 0.866. The molecule has 0 saturated heterocycles. The molecule has 65 heavy (non-hydrogen) atoms. The second-order valence-electron chi connectivity index (χ2n) is 16.8. The van der Waals surface area contributed by atoms with Gasteiger partial charge in [0.1, 0.15) is 11.2 Å². The lowest BCUT2D eigenvalue weighted by atomic mass is 9.98. The van der Waals surface area contributed by atoms with Gasteiger partial charge in [-0.25, -0.2) is 0 Å². The van der Waals surface area contributed by atoms with Crippen LogP contribution in [0, 0.1) is 0 Å². The number of anilines is 3. The quantitative estimate of drug-likeness (QED) is 0.160. The maximum absolute atomic E-state index is 6.79. The normalized spacial score (nSPS) is 11.7. The van der Waals surface area contributed by atoms with Gasteiger partial charge < -0.3 is 13.9 Å². The van der Waals surface area contributed by atoms with Crippen molar-refractivity contribution in [3.05, 3.63) is 243 Å². The fraction of sp³-hybridized carbons (Fsp3) is 0. The summed E-state index contributed by atoms with van der Waals surface area (Å²) in [7, 11) is 0. The molecule has 0 aliphatic carbocycles. The molecule has 0 spiro atoms. The van der Waals surface area contributed by atoms with E-state index < -0.39 is 0 Å². The summed E-state index contributed by atoms with van der Waals surface area (Å²) in [5, 5.41) is 9.57. The fourth-order valence-corrected chi connectivity index (χ4v) is 10.2. The van der Waals surface area contributed by atoms with Gasteiger partial charge >= 0.3 is 0 Å². The Labute approximate surface area is 376 Å². The molecule has 2 aromatic heterocycles. The zero-order chi connectivity index (χ0) is 42.8. The van der Waals surface area contributed by atoms with Crippen LogP contribution in [-0.2, 0) is 0 Å². The summed E-state index contributed by atoms with van der Waals surface area (Å²) in [6.45, 7) is 0. The highest BCUT2D eigenvalue weighted by Crippen LogP contribution is 2.47. The van der Waals surface area contributed by atoms with E-state index in [0.717, 1.165) is 55.7 Å². The summed E-state index contributed by atoms with van der Waals surface area (Å²) in [4.78, 5) is 2.39. The first-order valence-electron chi connectivity index (χ1n) is 22.2. The Hall–Kier alpha value is -8.66. The molecule has 0 aliphatic heterocycles. The van der Waals surface area contributed by atoms with Gasteiger partial charge in [-0.05, 0) is 111 Å². The number of nitrogens with zero attached hydrogens (tertiary/aromatic N) is 2. The van der Waals surface area contributed by atoms with E-state index in [0.29, 0.717) is 0 Å². The molecular weight excluding hydrogens is 789 g/mol. The van der Waals surface area contributed by atoms with Crippen LogP contribution in [0.25, 0.3) is 104 Å². The third kappa shape index (κ3) is 6.05. The summed E-state index contributed by atoms with van der Waals surface area (Å²) in [6, 6.07) is 87.6. The lowest BCUT2D eigenvalue weighted by Gasteiger charge is -2.27. The monoisotopic (exact) mass is 828 g/mol. The Kier molecular flexibility index (Phi) is 8.53. The van der Waals surface area contributed by atoms with Crippen LogP contribution in [-0.4, -0.2) is 4.57 Å². The van der Waals surface area contributed by atoms with E-state index in [1.165, 1.54) is 65.7 Å². The molecule has 3 heteroatoms. The minimum atomic E-state index is 0.866. The summed E-state index contributed by atoms with van der Waals surface area (Å²) >= 11 is 0. The second-order valence-corrected chi connectivity index (χ2v) is 16.8. The van der Waals surface area contributed by atoms with Crippen molar-refractivity contribution in [2.24, 2.45) is 0 Å². The predicted octanol–water partition coefficient (Wildman–Crippen LogP) is 17.5. The van der Waals surface area contributed by atoms with Crippen LogP contribution < -0.4 is 4.90 Å². The molecule has 13 aromatic rings. The lowest BCUT2D eigenvalue weighted by molar-refractivity contribution is 0.670. The van der Waals surface area contributed by atoms with Crippen molar-refractivity contribution in [2.45, 2.75) is 0 Å². The summed E-state index contributed by atoms with van der Waals surface area (Å²) in [5.74, 6) is 0. The van der Waals surface area contributed by atoms with Crippen LogP contribution in [0.3, 0.4) is 0 Å². The lowest BCUT2D eigenvalue weighted by Crippen LogP contribution is -2.10. The van der Waals surface area contributed by atoms with Crippen molar-refractivity contribution in [1.82, 2.24) is 4.57 Å². The third-order valence-electron chi connectivity index (χ3n) is 13.2. The third-order valence-corrected chi connectivity index (χ3v) is 13.2. The van der Waals surface area contributed by atoms with E-state index in [1.807, 2.05) is 0 Å². The van der Waals surface area contributed by atoms with Crippen molar-refractivity contribution in [2.75, 3.05) is 4.90 Å². The zero-order valence-electron chi connectivity index (χ0n) is 35.4. The molecular formula is C62H40N2O. The van der Waals surface area contributed by atoms with Gasteiger partial charge in [-0.15, -0.1) is 0 Å². The molecule has 0 amide bonds. The molecule has 0 radical (unpaired) electrons. The smallest absolute Gasteiger partial charge is 0.145 e. The molecule has 11 aromatic carbocycles. The van der Waals surface area contributed by atoms with E-state index >= 15 is 0 Å². The van der Waals surface area contributed by atoms with Crippen LogP contribution in [0.2, 0.25) is 0 Å². The van der Waals surface area contributed by atoms with Gasteiger partial charge in [0, 0.05) is 38.5 Å². The Morgan fingerprint density at radius 2 is 0.938 bits per heavy atom. The van der Waals surface area contributed by atoms with Crippen molar-refractivity contribution in [3.63, 3.8) is 0 Å². The van der Waals surface area contributed by atoms with Crippen LogP contribution >= 0.6 is 0 Å². The molecule has 0 atom stereocenters. The van der Waals surface area contributed by atoms with Gasteiger partial charge in [0.15, 0.2) is 0 Å². The van der Waals surface area contributed by atoms with Crippen molar-refractivity contribution in [3.8, 4) is 39.1 Å². The molecule has 0 saturated carbocycles.